The van der Waals surface area contributed by atoms with Gasteiger partial charge in [0.05, 0.1) is 6.61 Å². The van der Waals surface area contributed by atoms with Gasteiger partial charge in [0.25, 0.3) is 0 Å². The summed E-state index contributed by atoms with van der Waals surface area (Å²) < 4.78 is 61.0. The predicted molar refractivity (Wildman–Crippen MR) is 66.9 cm³/mol. The first-order chi connectivity index (χ1) is 9.62. The average molecular weight is 324 g/mol. The number of aliphatic hydroxyl groups is 1. The molecular formula is C13H18F2O5S. The fraction of sp³-hybridized carbons (Fsp3) is 1.00. The lowest BCUT2D eigenvalue weighted by molar-refractivity contribution is -0.308. The standard InChI is InChI=1S/C13H18F2O5S/c14-13(15,21(17,18)19)10(16)20-6-11-4-8-1-7-2-9(5-11)12(8,11)3-7/h7-10,16H,1-6H2,(H,17,18,19). The molecule has 3 unspecified atom stereocenters. The van der Waals surface area contributed by atoms with Crippen molar-refractivity contribution in [1.29, 1.82) is 0 Å². The van der Waals surface area contributed by atoms with Crippen molar-refractivity contribution in [3.8, 4) is 0 Å². The summed E-state index contributed by atoms with van der Waals surface area (Å²) in [6, 6.07) is 0. The Labute approximate surface area is 121 Å². The van der Waals surface area contributed by atoms with E-state index in [1.807, 2.05) is 0 Å². The van der Waals surface area contributed by atoms with E-state index < -0.39 is 21.7 Å². The molecule has 0 aromatic carbocycles. The zero-order valence-corrected chi connectivity index (χ0v) is 12.2. The van der Waals surface area contributed by atoms with Crippen molar-refractivity contribution in [2.45, 2.75) is 43.6 Å². The highest BCUT2D eigenvalue weighted by Gasteiger charge is 2.80. The van der Waals surface area contributed by atoms with Gasteiger partial charge in [0.1, 0.15) is 0 Å². The molecule has 0 aliphatic heterocycles. The second-order valence-corrected chi connectivity index (χ2v) is 8.86. The minimum Gasteiger partial charge on any atom is -0.362 e. The molecule has 0 radical (unpaired) electrons. The molecule has 4 fully saturated rings. The first-order valence-corrected chi connectivity index (χ1v) is 8.71. The van der Waals surface area contributed by atoms with E-state index in [-0.39, 0.29) is 17.4 Å². The third-order valence-corrected chi connectivity index (χ3v) is 7.62. The maximum Gasteiger partial charge on any atom is 0.418 e. The van der Waals surface area contributed by atoms with Crippen LogP contribution in [0.1, 0.15) is 32.1 Å². The normalized spacial score (nSPS) is 48.5. The third-order valence-electron chi connectivity index (χ3n) is 6.73. The third kappa shape index (κ3) is 1.47. The summed E-state index contributed by atoms with van der Waals surface area (Å²) in [5.74, 6) is 2.05. The van der Waals surface area contributed by atoms with Crippen LogP contribution in [0.15, 0.2) is 0 Å². The van der Waals surface area contributed by atoms with Gasteiger partial charge in [-0.1, -0.05) is 0 Å². The summed E-state index contributed by atoms with van der Waals surface area (Å²) in [6.07, 6.45) is 2.56. The lowest BCUT2D eigenvalue weighted by Crippen LogP contribution is -2.70. The van der Waals surface area contributed by atoms with Gasteiger partial charge in [0, 0.05) is 5.41 Å². The minimum absolute atomic E-state index is 0.0566. The number of rotatable bonds is 5. The predicted octanol–water partition coefficient (Wildman–Crippen LogP) is 1.63. The molecular weight excluding hydrogens is 306 g/mol. The average Bonchev–Trinajstić information content (AvgIpc) is 2.85. The first-order valence-electron chi connectivity index (χ1n) is 7.27. The fourth-order valence-electron chi connectivity index (χ4n) is 6.11. The molecule has 5 nitrogen and oxygen atoms in total. The van der Waals surface area contributed by atoms with Crippen LogP contribution in [0.4, 0.5) is 8.78 Å². The van der Waals surface area contributed by atoms with Crippen molar-refractivity contribution in [3.05, 3.63) is 0 Å². The molecule has 0 heterocycles. The summed E-state index contributed by atoms with van der Waals surface area (Å²) in [7, 11) is -5.68. The minimum atomic E-state index is -5.68. The van der Waals surface area contributed by atoms with Gasteiger partial charge < -0.3 is 9.84 Å². The summed E-state index contributed by atoms with van der Waals surface area (Å²) in [5, 5.41) is 4.62. The van der Waals surface area contributed by atoms with Crippen molar-refractivity contribution in [2.24, 2.45) is 28.6 Å². The van der Waals surface area contributed by atoms with Crippen LogP contribution >= 0.6 is 0 Å². The van der Waals surface area contributed by atoms with E-state index in [0.29, 0.717) is 11.8 Å². The molecule has 4 rings (SSSR count). The Bertz CT molecular complexity index is 573. The summed E-state index contributed by atoms with van der Waals surface area (Å²) in [6.45, 7) is -0.0566. The van der Waals surface area contributed by atoms with Crippen molar-refractivity contribution < 1.29 is 31.6 Å². The van der Waals surface area contributed by atoms with E-state index in [4.69, 9.17) is 9.29 Å². The van der Waals surface area contributed by atoms with E-state index in [1.54, 1.807) is 0 Å². The maximum absolute atomic E-state index is 13.3. The highest BCUT2D eigenvalue weighted by molar-refractivity contribution is 7.86. The zero-order chi connectivity index (χ0) is 15.3. The number of alkyl halides is 2. The Balaban J connectivity index is 1.45. The smallest absolute Gasteiger partial charge is 0.362 e. The molecule has 2 N–H and O–H groups in total. The lowest BCUT2D eigenvalue weighted by atomic mass is 9.30. The molecule has 0 saturated heterocycles. The van der Waals surface area contributed by atoms with Crippen LogP contribution in [-0.4, -0.2) is 36.2 Å². The molecule has 3 atom stereocenters. The van der Waals surface area contributed by atoms with Crippen LogP contribution < -0.4 is 0 Å². The summed E-state index contributed by atoms with van der Waals surface area (Å²) >= 11 is 0. The van der Waals surface area contributed by atoms with E-state index in [2.05, 4.69) is 0 Å². The Morgan fingerprint density at radius 2 is 1.81 bits per heavy atom. The molecule has 0 amide bonds. The highest BCUT2D eigenvalue weighted by Crippen LogP contribution is 2.86. The SMILES string of the molecule is O=S(=O)(O)C(F)(F)C(O)OCC12CC3CC4CC(C1)C32C4. The van der Waals surface area contributed by atoms with Crippen LogP contribution in [0.25, 0.3) is 0 Å². The molecule has 2 bridgehead atoms. The molecule has 4 aliphatic carbocycles. The van der Waals surface area contributed by atoms with E-state index >= 15 is 0 Å². The zero-order valence-electron chi connectivity index (χ0n) is 11.3. The van der Waals surface area contributed by atoms with Gasteiger partial charge in [0.2, 0.25) is 6.29 Å². The maximum atomic E-state index is 13.3. The Morgan fingerprint density at radius 3 is 2.29 bits per heavy atom. The van der Waals surface area contributed by atoms with E-state index in [1.165, 1.54) is 12.8 Å². The van der Waals surface area contributed by atoms with Gasteiger partial charge in [-0.05, 0) is 55.3 Å². The van der Waals surface area contributed by atoms with Crippen molar-refractivity contribution in [1.82, 2.24) is 0 Å². The Kier molecular flexibility index (Phi) is 2.57. The number of aliphatic hydroxyl groups excluding tert-OH is 1. The molecule has 120 valence electrons. The molecule has 8 heteroatoms. The van der Waals surface area contributed by atoms with Gasteiger partial charge in [-0.2, -0.15) is 17.2 Å². The number of ether oxygens (including phenoxy) is 1. The van der Waals surface area contributed by atoms with Gasteiger partial charge in [-0.25, -0.2) is 0 Å². The van der Waals surface area contributed by atoms with Crippen molar-refractivity contribution in [2.75, 3.05) is 6.61 Å². The molecule has 21 heavy (non-hydrogen) atoms. The molecule has 0 aromatic heterocycles. The van der Waals surface area contributed by atoms with Crippen LogP contribution in [0, 0.1) is 28.6 Å². The van der Waals surface area contributed by atoms with Crippen molar-refractivity contribution >= 4 is 10.1 Å². The fourth-order valence-corrected chi connectivity index (χ4v) is 6.43. The second kappa shape index (κ2) is 3.77. The summed E-state index contributed by atoms with van der Waals surface area (Å²) in [5.41, 5.74) is 0.0363. The Morgan fingerprint density at radius 1 is 1.24 bits per heavy atom. The summed E-state index contributed by atoms with van der Waals surface area (Å²) in [4.78, 5) is 0. The molecule has 1 spiro atoms. The number of hydrogen-bond acceptors (Lipinski definition) is 4. The first kappa shape index (κ1) is 14.3. The van der Waals surface area contributed by atoms with Gasteiger partial charge >= 0.3 is 15.4 Å². The monoisotopic (exact) mass is 324 g/mol. The topological polar surface area (TPSA) is 83.8 Å². The molecule has 4 saturated carbocycles. The molecule has 4 aliphatic rings. The number of halogens is 2. The Hall–Kier alpha value is -0.310. The van der Waals surface area contributed by atoms with Crippen LogP contribution in [0.5, 0.6) is 0 Å². The molecule has 0 aromatic rings. The van der Waals surface area contributed by atoms with Gasteiger partial charge in [-0.3, -0.25) is 4.55 Å². The number of hydrogen-bond donors (Lipinski definition) is 2. The van der Waals surface area contributed by atoms with Crippen LogP contribution in [0.2, 0.25) is 0 Å². The second-order valence-electron chi connectivity index (χ2n) is 7.36. The van der Waals surface area contributed by atoms with Gasteiger partial charge in [-0.15, -0.1) is 0 Å². The van der Waals surface area contributed by atoms with Gasteiger partial charge in [0.15, 0.2) is 0 Å². The van der Waals surface area contributed by atoms with Crippen LogP contribution in [-0.2, 0) is 14.9 Å². The van der Waals surface area contributed by atoms with Crippen LogP contribution in [0.3, 0.4) is 0 Å². The largest absolute Gasteiger partial charge is 0.418 e. The van der Waals surface area contributed by atoms with E-state index in [0.717, 1.165) is 25.2 Å². The number of fused-ring (bicyclic) bond motifs is 1. The van der Waals surface area contributed by atoms with Crippen molar-refractivity contribution in [3.63, 3.8) is 0 Å². The lowest BCUT2D eigenvalue weighted by Gasteiger charge is -2.74. The van der Waals surface area contributed by atoms with E-state index in [9.17, 15) is 22.3 Å². The highest BCUT2D eigenvalue weighted by atomic mass is 32.2. The quantitative estimate of drug-likeness (QED) is 0.593.